The number of aromatic nitrogens is 2. The summed E-state index contributed by atoms with van der Waals surface area (Å²) >= 11 is 8.44. The van der Waals surface area contributed by atoms with Crippen LogP contribution in [0, 0.1) is 12.8 Å². The van der Waals surface area contributed by atoms with E-state index in [-0.39, 0.29) is 0 Å². The lowest BCUT2D eigenvalue weighted by Crippen LogP contribution is -2.38. The summed E-state index contributed by atoms with van der Waals surface area (Å²) in [6.45, 7) is 5.36. The highest BCUT2D eigenvalue weighted by Gasteiger charge is 2.27. The second kappa shape index (κ2) is 7.00. The van der Waals surface area contributed by atoms with Gasteiger partial charge in [0.2, 0.25) is 0 Å². The van der Waals surface area contributed by atoms with E-state index in [1.54, 1.807) is 4.68 Å². The molecule has 2 atom stereocenters. The highest BCUT2D eigenvalue weighted by atomic mass is 35.5. The average Bonchev–Trinajstić information content (AvgIpc) is 2.98. The van der Waals surface area contributed by atoms with Gasteiger partial charge in [-0.25, -0.2) is 0 Å². The molecular formula is C14H24ClN3S. The molecule has 0 aromatic carbocycles. The smallest absolute Gasteiger partial charge is 0.130 e. The van der Waals surface area contributed by atoms with Crippen molar-refractivity contribution < 1.29 is 0 Å². The Kier molecular flexibility index (Phi) is 5.60. The standard InChI is InChI=1S/C14H24ClN3S/c1-4-6-16-13(11-5-7-19-9-11)8-12-10(2)17-18(3)14(12)15/h11,13,16H,4-9H2,1-3H3. The number of aryl methyl sites for hydroxylation is 2. The highest BCUT2D eigenvalue weighted by Crippen LogP contribution is 2.30. The molecule has 0 aliphatic carbocycles. The van der Waals surface area contributed by atoms with Crippen molar-refractivity contribution in [1.29, 1.82) is 0 Å². The maximum atomic E-state index is 6.37. The Morgan fingerprint density at radius 1 is 1.58 bits per heavy atom. The maximum Gasteiger partial charge on any atom is 0.130 e. The Balaban J connectivity index is 2.09. The van der Waals surface area contributed by atoms with Crippen LogP contribution in [0.4, 0.5) is 0 Å². The molecule has 1 aromatic heterocycles. The normalized spacial score (nSPS) is 20.9. The minimum Gasteiger partial charge on any atom is -0.313 e. The molecule has 0 saturated carbocycles. The summed E-state index contributed by atoms with van der Waals surface area (Å²) in [6.07, 6.45) is 3.50. The molecule has 3 nitrogen and oxygen atoms in total. The van der Waals surface area contributed by atoms with Gasteiger partial charge in [0.25, 0.3) is 0 Å². The molecule has 0 radical (unpaired) electrons. The first kappa shape index (κ1) is 15.2. The quantitative estimate of drug-likeness (QED) is 0.876. The summed E-state index contributed by atoms with van der Waals surface area (Å²) in [5.74, 6) is 3.35. The van der Waals surface area contributed by atoms with Gasteiger partial charge in [0.1, 0.15) is 5.15 Å². The summed E-state index contributed by atoms with van der Waals surface area (Å²) in [5, 5.41) is 8.93. The third-order valence-electron chi connectivity index (χ3n) is 3.88. The lowest BCUT2D eigenvalue weighted by molar-refractivity contribution is 0.380. The molecule has 1 fully saturated rings. The predicted molar refractivity (Wildman–Crippen MR) is 84.2 cm³/mol. The minimum absolute atomic E-state index is 0.537. The van der Waals surface area contributed by atoms with Crippen molar-refractivity contribution in [2.45, 2.75) is 39.2 Å². The van der Waals surface area contributed by atoms with Crippen molar-refractivity contribution >= 4 is 23.4 Å². The van der Waals surface area contributed by atoms with E-state index in [0.29, 0.717) is 6.04 Å². The Hall–Kier alpha value is -0.190. The van der Waals surface area contributed by atoms with Gasteiger partial charge in [0.05, 0.1) is 5.69 Å². The molecule has 0 spiro atoms. The van der Waals surface area contributed by atoms with Crippen LogP contribution in [0.5, 0.6) is 0 Å². The van der Waals surface area contributed by atoms with Crippen molar-refractivity contribution in [3.63, 3.8) is 0 Å². The summed E-state index contributed by atoms with van der Waals surface area (Å²) in [4.78, 5) is 0. The first-order chi connectivity index (χ1) is 9.13. The molecule has 19 heavy (non-hydrogen) atoms. The number of halogens is 1. The summed E-state index contributed by atoms with van der Waals surface area (Å²) in [5.41, 5.74) is 2.29. The minimum atomic E-state index is 0.537. The van der Waals surface area contributed by atoms with E-state index in [4.69, 9.17) is 11.6 Å². The molecule has 1 aliphatic rings. The number of nitrogens with zero attached hydrogens (tertiary/aromatic N) is 2. The van der Waals surface area contributed by atoms with Crippen LogP contribution >= 0.6 is 23.4 Å². The summed E-state index contributed by atoms with van der Waals surface area (Å²) < 4.78 is 1.78. The van der Waals surface area contributed by atoms with Gasteiger partial charge < -0.3 is 5.32 Å². The molecule has 2 rings (SSSR count). The fourth-order valence-electron chi connectivity index (χ4n) is 2.73. The lowest BCUT2D eigenvalue weighted by atomic mass is 9.93. The maximum absolute atomic E-state index is 6.37. The third kappa shape index (κ3) is 3.67. The van der Waals surface area contributed by atoms with Gasteiger partial charge >= 0.3 is 0 Å². The molecule has 2 heterocycles. The third-order valence-corrected chi connectivity index (χ3v) is 5.55. The van der Waals surface area contributed by atoms with Crippen LogP contribution in [0.2, 0.25) is 5.15 Å². The Morgan fingerprint density at radius 2 is 2.37 bits per heavy atom. The number of rotatable bonds is 6. The first-order valence-corrected chi connectivity index (χ1v) is 8.65. The Bertz CT molecular complexity index is 413. The van der Waals surface area contributed by atoms with Gasteiger partial charge in [-0.15, -0.1) is 0 Å². The van der Waals surface area contributed by atoms with E-state index in [1.807, 2.05) is 7.05 Å². The lowest BCUT2D eigenvalue weighted by Gasteiger charge is -2.24. The second-order valence-corrected chi connectivity index (χ2v) is 6.87. The Morgan fingerprint density at radius 3 is 2.89 bits per heavy atom. The van der Waals surface area contributed by atoms with Gasteiger partial charge in [-0.05, 0) is 50.2 Å². The van der Waals surface area contributed by atoms with E-state index in [1.165, 1.54) is 29.9 Å². The van der Waals surface area contributed by atoms with Crippen molar-refractivity contribution in [2.24, 2.45) is 13.0 Å². The number of hydrogen-bond donors (Lipinski definition) is 1. The largest absolute Gasteiger partial charge is 0.313 e. The van der Waals surface area contributed by atoms with E-state index in [9.17, 15) is 0 Å². The molecule has 0 amide bonds. The molecule has 0 bridgehead atoms. The first-order valence-electron chi connectivity index (χ1n) is 7.12. The molecular weight excluding hydrogens is 278 g/mol. The average molecular weight is 302 g/mol. The zero-order valence-electron chi connectivity index (χ0n) is 12.1. The number of nitrogens with one attached hydrogen (secondary N) is 1. The zero-order chi connectivity index (χ0) is 13.8. The van der Waals surface area contributed by atoms with Gasteiger partial charge in [-0.3, -0.25) is 4.68 Å². The van der Waals surface area contributed by atoms with Gasteiger partial charge in [-0.1, -0.05) is 18.5 Å². The highest BCUT2D eigenvalue weighted by molar-refractivity contribution is 7.99. The topological polar surface area (TPSA) is 29.9 Å². The fraction of sp³-hybridized carbons (Fsp3) is 0.786. The molecule has 1 aromatic rings. The molecule has 5 heteroatoms. The van der Waals surface area contributed by atoms with E-state index >= 15 is 0 Å². The van der Waals surface area contributed by atoms with E-state index in [2.05, 4.69) is 36.0 Å². The van der Waals surface area contributed by atoms with Crippen LogP contribution in [-0.4, -0.2) is 33.9 Å². The van der Waals surface area contributed by atoms with Gasteiger partial charge in [0, 0.05) is 18.7 Å². The second-order valence-electron chi connectivity index (χ2n) is 5.37. The van der Waals surface area contributed by atoms with Crippen LogP contribution in [0.25, 0.3) is 0 Å². The molecule has 1 saturated heterocycles. The fourth-order valence-corrected chi connectivity index (χ4v) is 4.32. The SMILES string of the molecule is CCCNC(Cc1c(C)nn(C)c1Cl)C1CCSC1. The van der Waals surface area contributed by atoms with Crippen LogP contribution in [0.1, 0.15) is 31.0 Å². The van der Waals surface area contributed by atoms with Gasteiger partial charge in [0.15, 0.2) is 0 Å². The zero-order valence-corrected chi connectivity index (χ0v) is 13.7. The summed E-state index contributed by atoms with van der Waals surface area (Å²) in [7, 11) is 1.92. The molecule has 1 aliphatic heterocycles. The van der Waals surface area contributed by atoms with E-state index < -0.39 is 0 Å². The monoisotopic (exact) mass is 301 g/mol. The molecule has 108 valence electrons. The van der Waals surface area contributed by atoms with Crippen molar-refractivity contribution in [2.75, 3.05) is 18.1 Å². The van der Waals surface area contributed by atoms with Crippen LogP contribution in [-0.2, 0) is 13.5 Å². The van der Waals surface area contributed by atoms with Crippen molar-refractivity contribution in [3.05, 3.63) is 16.4 Å². The van der Waals surface area contributed by atoms with Crippen LogP contribution in [0.3, 0.4) is 0 Å². The summed E-state index contributed by atoms with van der Waals surface area (Å²) in [6, 6.07) is 0.537. The number of hydrogen-bond acceptors (Lipinski definition) is 3. The molecule has 1 N–H and O–H groups in total. The van der Waals surface area contributed by atoms with Crippen LogP contribution < -0.4 is 5.32 Å². The van der Waals surface area contributed by atoms with Gasteiger partial charge in [-0.2, -0.15) is 16.9 Å². The van der Waals surface area contributed by atoms with Crippen molar-refractivity contribution in [3.8, 4) is 0 Å². The van der Waals surface area contributed by atoms with Crippen molar-refractivity contribution in [1.82, 2.24) is 15.1 Å². The van der Waals surface area contributed by atoms with E-state index in [0.717, 1.165) is 29.7 Å². The number of thioether (sulfide) groups is 1. The van der Waals surface area contributed by atoms with Crippen LogP contribution in [0.15, 0.2) is 0 Å². The molecule has 2 unspecified atom stereocenters. The predicted octanol–water partition coefficient (Wildman–Crippen LogP) is 3.05. The Labute approximate surface area is 125 Å².